The van der Waals surface area contributed by atoms with Crippen molar-refractivity contribution in [3.05, 3.63) is 107 Å². The number of H-pyrrole nitrogens is 1. The summed E-state index contributed by atoms with van der Waals surface area (Å²) in [5, 5.41) is 4.38. The van der Waals surface area contributed by atoms with Crippen LogP contribution >= 0.6 is 0 Å². The number of aromatic nitrogens is 1. The molecule has 50 heavy (non-hydrogen) atoms. The Morgan fingerprint density at radius 3 is 2.30 bits per heavy atom. The first-order chi connectivity index (χ1) is 24.1. The summed E-state index contributed by atoms with van der Waals surface area (Å²) >= 11 is 0. The van der Waals surface area contributed by atoms with Crippen LogP contribution in [0.5, 0.6) is 0 Å². The minimum absolute atomic E-state index is 0.133. The van der Waals surface area contributed by atoms with Crippen LogP contribution in [-0.4, -0.2) is 93.7 Å². The predicted molar refractivity (Wildman–Crippen MR) is 194 cm³/mol. The van der Waals surface area contributed by atoms with Crippen LogP contribution in [-0.2, 0) is 38.4 Å². The largest absolute Gasteiger partial charge is 0.368 e. The lowest BCUT2D eigenvalue weighted by molar-refractivity contribution is -0.160. The summed E-state index contributed by atoms with van der Waals surface area (Å²) in [5.74, 6) is -1.11. The number of carbonyl (C=O) groups is 4. The third-order valence-electron chi connectivity index (χ3n) is 10.1. The van der Waals surface area contributed by atoms with E-state index in [0.717, 1.165) is 33.2 Å². The van der Waals surface area contributed by atoms with Crippen molar-refractivity contribution in [3.63, 3.8) is 0 Å². The van der Waals surface area contributed by atoms with Crippen molar-refractivity contribution in [1.82, 2.24) is 25.0 Å². The number of hydrogen-bond acceptors (Lipinski definition) is 5. The molecule has 2 aliphatic rings. The lowest BCUT2D eigenvalue weighted by Crippen LogP contribution is -2.67. The van der Waals surface area contributed by atoms with E-state index >= 15 is 4.79 Å². The summed E-state index contributed by atoms with van der Waals surface area (Å²) in [7, 11) is 0. The number of piperazine rings is 2. The molecular formula is C40H48N6O4. The Hall–Kier alpha value is -4.96. The molecule has 3 heterocycles. The molecule has 3 aromatic carbocycles. The second kappa shape index (κ2) is 15.3. The van der Waals surface area contributed by atoms with Crippen LogP contribution in [0.1, 0.15) is 42.5 Å². The second-order valence-electron chi connectivity index (χ2n) is 14.1. The Kier molecular flexibility index (Phi) is 10.7. The molecule has 0 bridgehead atoms. The van der Waals surface area contributed by atoms with Crippen molar-refractivity contribution in [2.24, 2.45) is 11.7 Å². The van der Waals surface area contributed by atoms with Crippen LogP contribution in [0.2, 0.25) is 0 Å². The zero-order valence-corrected chi connectivity index (χ0v) is 29.2. The van der Waals surface area contributed by atoms with Gasteiger partial charge in [0.1, 0.15) is 18.1 Å². The number of fused-ring (bicyclic) bond motifs is 1. The molecule has 0 aliphatic carbocycles. The molecule has 10 nitrogen and oxygen atoms in total. The normalized spacial score (nSPS) is 19.6. The molecule has 0 radical (unpaired) electrons. The molecule has 0 saturated carbocycles. The molecule has 6 rings (SSSR count). The van der Waals surface area contributed by atoms with E-state index in [1.165, 1.54) is 0 Å². The zero-order valence-electron chi connectivity index (χ0n) is 29.2. The molecule has 0 spiro atoms. The molecule has 2 saturated heterocycles. The molecule has 4 N–H and O–H groups in total. The number of amides is 4. The third kappa shape index (κ3) is 7.60. The first kappa shape index (κ1) is 34.9. The number of nitrogens with zero attached hydrogens (tertiary/aromatic N) is 3. The first-order valence-electron chi connectivity index (χ1n) is 17.7. The van der Waals surface area contributed by atoms with Gasteiger partial charge in [0.15, 0.2) is 0 Å². The predicted octanol–water partition coefficient (Wildman–Crippen LogP) is 3.61. The van der Waals surface area contributed by atoms with Crippen LogP contribution < -0.4 is 11.1 Å². The highest BCUT2D eigenvalue weighted by molar-refractivity contribution is 5.96. The van der Waals surface area contributed by atoms with Gasteiger partial charge in [-0.1, -0.05) is 92.2 Å². The highest BCUT2D eigenvalue weighted by atomic mass is 16.2. The Morgan fingerprint density at radius 2 is 1.56 bits per heavy atom. The zero-order chi connectivity index (χ0) is 35.4. The number of nitrogens with one attached hydrogen (secondary N) is 2. The molecule has 262 valence electrons. The van der Waals surface area contributed by atoms with E-state index in [2.05, 4.69) is 16.4 Å². The van der Waals surface area contributed by atoms with E-state index < -0.39 is 30.1 Å². The van der Waals surface area contributed by atoms with E-state index in [0.29, 0.717) is 25.9 Å². The number of para-hydroxylation sites is 1. The van der Waals surface area contributed by atoms with Crippen LogP contribution in [0.4, 0.5) is 0 Å². The Balaban J connectivity index is 1.36. The number of nitrogens with two attached hydrogens (primary N) is 1. The van der Waals surface area contributed by atoms with Gasteiger partial charge in [0.25, 0.3) is 0 Å². The van der Waals surface area contributed by atoms with Gasteiger partial charge in [0, 0.05) is 56.1 Å². The van der Waals surface area contributed by atoms with Crippen molar-refractivity contribution in [1.29, 1.82) is 0 Å². The van der Waals surface area contributed by atoms with Gasteiger partial charge in [-0.25, -0.2) is 0 Å². The minimum atomic E-state index is -0.862. The van der Waals surface area contributed by atoms with E-state index in [1.807, 2.05) is 99.8 Å². The number of primary amides is 1. The number of benzene rings is 3. The minimum Gasteiger partial charge on any atom is -0.368 e. The molecule has 4 atom stereocenters. The fourth-order valence-electron chi connectivity index (χ4n) is 7.59. The van der Waals surface area contributed by atoms with E-state index in [1.54, 1.807) is 14.7 Å². The topological polar surface area (TPSA) is 132 Å². The summed E-state index contributed by atoms with van der Waals surface area (Å²) in [6.45, 7) is 7.32. The van der Waals surface area contributed by atoms with E-state index in [-0.39, 0.29) is 49.6 Å². The van der Waals surface area contributed by atoms with Crippen LogP contribution in [0.25, 0.3) is 10.9 Å². The molecule has 2 aliphatic heterocycles. The summed E-state index contributed by atoms with van der Waals surface area (Å²) in [5.41, 5.74) is 10.8. The summed E-state index contributed by atoms with van der Waals surface area (Å²) < 4.78 is 0. The van der Waals surface area contributed by atoms with Gasteiger partial charge in [-0.05, 0) is 48.4 Å². The molecule has 2 fully saturated rings. The van der Waals surface area contributed by atoms with Crippen LogP contribution in [0.3, 0.4) is 0 Å². The smallest absolute Gasteiger partial charge is 0.246 e. The molecule has 4 amide bonds. The van der Waals surface area contributed by atoms with Crippen LogP contribution in [0.15, 0.2) is 85.1 Å². The van der Waals surface area contributed by atoms with Gasteiger partial charge in [0.05, 0.1) is 6.04 Å². The number of carbonyl (C=O) groups excluding carboxylic acids is 4. The lowest BCUT2D eigenvalue weighted by Gasteiger charge is -2.46. The number of hydrogen-bond donors (Lipinski definition) is 3. The standard InChI is InChI=1S/C40H48N6O4/c1-26(2)20-34(37(41)47)45-18-19-46(35(39(45)49)23-28-11-5-4-6-12-28)40(50)36(24-30-25-43-32-15-8-7-14-31(30)32)44-17-16-42-33(38(44)48)22-29-13-9-10-27(3)21-29/h4-15,21,25-26,33-36,42-43H,16-20,22-24H2,1-3H3,(H2,41,47)/t33-,34-,35-,36-/m0/s1. The number of rotatable bonds is 12. The van der Waals surface area contributed by atoms with Gasteiger partial charge >= 0.3 is 0 Å². The van der Waals surface area contributed by atoms with Crippen molar-refractivity contribution in [3.8, 4) is 0 Å². The van der Waals surface area contributed by atoms with Gasteiger partial charge in [-0.3, -0.25) is 19.2 Å². The van der Waals surface area contributed by atoms with Crippen molar-refractivity contribution in [2.45, 2.75) is 70.6 Å². The van der Waals surface area contributed by atoms with Gasteiger partial charge < -0.3 is 30.7 Å². The summed E-state index contributed by atoms with van der Waals surface area (Å²) in [6, 6.07) is 22.7. The number of aryl methyl sites for hydroxylation is 1. The Morgan fingerprint density at radius 1 is 0.840 bits per heavy atom. The molecular weight excluding hydrogens is 628 g/mol. The van der Waals surface area contributed by atoms with Gasteiger partial charge in [-0.15, -0.1) is 0 Å². The molecule has 0 unspecified atom stereocenters. The fraction of sp³-hybridized carbons (Fsp3) is 0.400. The Labute approximate surface area is 294 Å². The monoisotopic (exact) mass is 676 g/mol. The summed E-state index contributed by atoms with van der Waals surface area (Å²) in [6.07, 6.45) is 3.42. The SMILES string of the molecule is Cc1cccc(C[C@@H]2NCCN([C@@H](Cc3c[nH]c4ccccc34)C(=O)N3CCN([C@@H](CC(C)C)C(N)=O)C(=O)[C@@H]3Cc3ccccc3)C2=O)c1. The maximum Gasteiger partial charge on any atom is 0.246 e. The van der Waals surface area contributed by atoms with Crippen molar-refractivity contribution in [2.75, 3.05) is 26.2 Å². The highest BCUT2D eigenvalue weighted by Gasteiger charge is 2.46. The molecule has 1 aromatic heterocycles. The van der Waals surface area contributed by atoms with Gasteiger partial charge in [0.2, 0.25) is 23.6 Å². The highest BCUT2D eigenvalue weighted by Crippen LogP contribution is 2.27. The van der Waals surface area contributed by atoms with Gasteiger partial charge in [-0.2, -0.15) is 0 Å². The Bertz CT molecular complexity index is 1840. The number of aromatic amines is 1. The summed E-state index contributed by atoms with van der Waals surface area (Å²) in [4.78, 5) is 64.8. The molecule has 4 aromatic rings. The van der Waals surface area contributed by atoms with Crippen molar-refractivity contribution < 1.29 is 19.2 Å². The average molecular weight is 677 g/mol. The van der Waals surface area contributed by atoms with E-state index in [4.69, 9.17) is 5.73 Å². The van der Waals surface area contributed by atoms with E-state index in [9.17, 15) is 14.4 Å². The maximum atomic E-state index is 15.1. The second-order valence-corrected chi connectivity index (χ2v) is 14.1. The fourth-order valence-corrected chi connectivity index (χ4v) is 7.59. The van der Waals surface area contributed by atoms with Crippen LogP contribution in [0, 0.1) is 12.8 Å². The van der Waals surface area contributed by atoms with Crippen molar-refractivity contribution >= 4 is 34.5 Å². The quantitative estimate of drug-likeness (QED) is 0.211. The molecule has 10 heteroatoms. The first-order valence-corrected chi connectivity index (χ1v) is 17.7. The third-order valence-corrected chi connectivity index (χ3v) is 10.1. The lowest BCUT2D eigenvalue weighted by atomic mass is 9.94. The maximum absolute atomic E-state index is 15.1. The average Bonchev–Trinajstić information content (AvgIpc) is 3.51.